The molecule has 1 aromatic heterocycles. The summed E-state index contributed by atoms with van der Waals surface area (Å²) in [5.74, 6) is 1.98. The number of nitrogens with two attached hydrogens (primary N) is 1. The molecule has 1 heterocycles. The quantitative estimate of drug-likeness (QED) is 0.879. The first-order valence-electron chi connectivity index (χ1n) is 6.29. The van der Waals surface area contributed by atoms with Crippen LogP contribution in [0.15, 0.2) is 34.9 Å². The molecule has 0 aliphatic rings. The number of benzene rings is 1. The third-order valence-corrected chi connectivity index (χ3v) is 2.86. The molecule has 0 fully saturated rings. The third-order valence-electron chi connectivity index (χ3n) is 2.86. The van der Waals surface area contributed by atoms with E-state index in [2.05, 4.69) is 24.0 Å². The molecule has 0 radical (unpaired) electrons. The summed E-state index contributed by atoms with van der Waals surface area (Å²) in [5, 5.41) is 4.02. The maximum Gasteiger partial charge on any atom is 0.231 e. The molecule has 18 heavy (non-hydrogen) atoms. The Balaban J connectivity index is 2.19. The molecule has 1 aromatic carbocycles. The molecule has 2 rings (SSSR count). The van der Waals surface area contributed by atoms with Crippen LogP contribution in [0.25, 0.3) is 11.4 Å². The Hall–Kier alpha value is -1.68. The number of rotatable bonds is 5. The lowest BCUT2D eigenvalue weighted by Crippen LogP contribution is -2.15. The Labute approximate surface area is 107 Å². The molecule has 4 heteroatoms. The fraction of sp³-hybridized carbons (Fsp3) is 0.429. The van der Waals surface area contributed by atoms with Gasteiger partial charge in [0.05, 0.1) is 5.92 Å². The van der Waals surface area contributed by atoms with Crippen LogP contribution < -0.4 is 5.73 Å². The monoisotopic (exact) mass is 245 g/mol. The van der Waals surface area contributed by atoms with Crippen molar-refractivity contribution in [2.75, 3.05) is 6.54 Å². The summed E-state index contributed by atoms with van der Waals surface area (Å²) in [6.07, 6.45) is 0.965. The second-order valence-electron chi connectivity index (χ2n) is 4.88. The summed E-state index contributed by atoms with van der Waals surface area (Å²) < 4.78 is 5.33. The van der Waals surface area contributed by atoms with Crippen LogP contribution in [0.1, 0.15) is 32.1 Å². The number of aromatic nitrogens is 2. The van der Waals surface area contributed by atoms with Gasteiger partial charge < -0.3 is 10.3 Å². The van der Waals surface area contributed by atoms with Crippen molar-refractivity contribution < 1.29 is 4.52 Å². The zero-order valence-electron chi connectivity index (χ0n) is 10.8. The lowest BCUT2D eigenvalue weighted by Gasteiger charge is -2.11. The van der Waals surface area contributed by atoms with Crippen LogP contribution in [0.5, 0.6) is 0 Å². The molecule has 1 atom stereocenters. The first-order chi connectivity index (χ1) is 8.70. The summed E-state index contributed by atoms with van der Waals surface area (Å²) in [6.45, 7) is 4.86. The normalized spacial score (nSPS) is 12.9. The van der Waals surface area contributed by atoms with E-state index < -0.39 is 0 Å². The Bertz CT molecular complexity index is 479. The minimum atomic E-state index is 0.148. The molecule has 2 aromatic rings. The van der Waals surface area contributed by atoms with Gasteiger partial charge in [0.25, 0.3) is 0 Å². The molecular formula is C14H19N3O. The summed E-state index contributed by atoms with van der Waals surface area (Å²) in [4.78, 5) is 4.45. The number of nitrogens with zero attached hydrogens (tertiary/aromatic N) is 2. The van der Waals surface area contributed by atoms with Crippen molar-refractivity contribution >= 4 is 0 Å². The van der Waals surface area contributed by atoms with Crippen molar-refractivity contribution in [1.29, 1.82) is 0 Å². The zero-order chi connectivity index (χ0) is 13.0. The molecule has 96 valence electrons. The zero-order valence-corrected chi connectivity index (χ0v) is 10.8. The van der Waals surface area contributed by atoms with Gasteiger partial charge in [0.1, 0.15) is 0 Å². The lowest BCUT2D eigenvalue weighted by atomic mass is 9.97. The molecule has 0 spiro atoms. The summed E-state index contributed by atoms with van der Waals surface area (Å²) >= 11 is 0. The molecular weight excluding hydrogens is 226 g/mol. The number of hydrogen-bond acceptors (Lipinski definition) is 4. The highest BCUT2D eigenvalue weighted by molar-refractivity contribution is 5.53. The second-order valence-corrected chi connectivity index (χ2v) is 4.88. The van der Waals surface area contributed by atoms with E-state index in [0.717, 1.165) is 12.0 Å². The van der Waals surface area contributed by atoms with Gasteiger partial charge in [-0.1, -0.05) is 49.3 Å². The summed E-state index contributed by atoms with van der Waals surface area (Å²) in [6, 6.07) is 9.81. The van der Waals surface area contributed by atoms with E-state index in [4.69, 9.17) is 10.3 Å². The van der Waals surface area contributed by atoms with Gasteiger partial charge in [-0.05, 0) is 12.3 Å². The number of hydrogen-bond donors (Lipinski definition) is 1. The van der Waals surface area contributed by atoms with Gasteiger partial charge in [0.2, 0.25) is 11.7 Å². The van der Waals surface area contributed by atoms with Crippen LogP contribution in [0.2, 0.25) is 0 Å². The standard InChI is InChI=1S/C14H19N3O/c1-10(2)8-12(9-15)14-16-13(17-18-14)11-6-4-3-5-7-11/h3-7,10,12H,8-9,15H2,1-2H3. The molecule has 0 saturated heterocycles. The van der Waals surface area contributed by atoms with E-state index in [-0.39, 0.29) is 5.92 Å². The highest BCUT2D eigenvalue weighted by Gasteiger charge is 2.19. The molecule has 0 saturated carbocycles. The minimum Gasteiger partial charge on any atom is -0.339 e. The van der Waals surface area contributed by atoms with Crippen molar-refractivity contribution in [2.45, 2.75) is 26.2 Å². The first kappa shape index (κ1) is 12.8. The lowest BCUT2D eigenvalue weighted by molar-refractivity contribution is 0.335. The van der Waals surface area contributed by atoms with Crippen LogP contribution in [-0.2, 0) is 0 Å². The molecule has 0 aliphatic heterocycles. The molecule has 0 amide bonds. The molecule has 2 N–H and O–H groups in total. The third kappa shape index (κ3) is 2.96. The van der Waals surface area contributed by atoms with Crippen LogP contribution >= 0.6 is 0 Å². The van der Waals surface area contributed by atoms with Crippen LogP contribution in [0.3, 0.4) is 0 Å². The highest BCUT2D eigenvalue weighted by Crippen LogP contribution is 2.23. The van der Waals surface area contributed by atoms with Crippen molar-refractivity contribution in [3.63, 3.8) is 0 Å². The average molecular weight is 245 g/mol. The van der Waals surface area contributed by atoms with E-state index >= 15 is 0 Å². The van der Waals surface area contributed by atoms with Gasteiger partial charge in [-0.3, -0.25) is 0 Å². The molecule has 1 unspecified atom stereocenters. The average Bonchev–Trinajstić information content (AvgIpc) is 2.86. The van der Waals surface area contributed by atoms with Crippen molar-refractivity contribution in [1.82, 2.24) is 10.1 Å². The van der Waals surface area contributed by atoms with Gasteiger partial charge in [-0.2, -0.15) is 4.98 Å². The highest BCUT2D eigenvalue weighted by atomic mass is 16.5. The summed E-state index contributed by atoms with van der Waals surface area (Å²) in [7, 11) is 0. The maximum atomic E-state index is 5.77. The van der Waals surface area contributed by atoms with Gasteiger partial charge in [-0.15, -0.1) is 0 Å². The van der Waals surface area contributed by atoms with Crippen molar-refractivity contribution in [3.8, 4) is 11.4 Å². The Morgan fingerprint density at radius 3 is 2.56 bits per heavy atom. The Kier molecular flexibility index (Phi) is 4.10. The van der Waals surface area contributed by atoms with E-state index in [9.17, 15) is 0 Å². The summed E-state index contributed by atoms with van der Waals surface area (Å²) in [5.41, 5.74) is 6.74. The first-order valence-corrected chi connectivity index (χ1v) is 6.29. The molecule has 4 nitrogen and oxygen atoms in total. The Morgan fingerprint density at radius 1 is 1.22 bits per heavy atom. The van der Waals surface area contributed by atoms with E-state index in [1.165, 1.54) is 0 Å². The van der Waals surface area contributed by atoms with Crippen LogP contribution in [0, 0.1) is 5.92 Å². The SMILES string of the molecule is CC(C)CC(CN)c1nc(-c2ccccc2)no1. The minimum absolute atomic E-state index is 0.148. The predicted molar refractivity (Wildman–Crippen MR) is 71.0 cm³/mol. The molecule has 0 aliphatic carbocycles. The van der Waals surface area contributed by atoms with E-state index in [0.29, 0.717) is 24.2 Å². The van der Waals surface area contributed by atoms with Crippen molar-refractivity contribution in [3.05, 3.63) is 36.2 Å². The van der Waals surface area contributed by atoms with Gasteiger partial charge in [0.15, 0.2) is 0 Å². The van der Waals surface area contributed by atoms with Gasteiger partial charge in [0, 0.05) is 12.1 Å². The maximum absolute atomic E-state index is 5.77. The fourth-order valence-electron chi connectivity index (χ4n) is 1.97. The smallest absolute Gasteiger partial charge is 0.231 e. The predicted octanol–water partition coefficient (Wildman–Crippen LogP) is 2.83. The fourth-order valence-corrected chi connectivity index (χ4v) is 1.97. The Morgan fingerprint density at radius 2 is 1.94 bits per heavy atom. The van der Waals surface area contributed by atoms with E-state index in [1.807, 2.05) is 30.3 Å². The van der Waals surface area contributed by atoms with E-state index in [1.54, 1.807) is 0 Å². The van der Waals surface area contributed by atoms with Crippen LogP contribution in [-0.4, -0.2) is 16.7 Å². The molecule has 0 bridgehead atoms. The van der Waals surface area contributed by atoms with Crippen LogP contribution in [0.4, 0.5) is 0 Å². The topological polar surface area (TPSA) is 64.9 Å². The van der Waals surface area contributed by atoms with Gasteiger partial charge >= 0.3 is 0 Å². The second kappa shape index (κ2) is 5.78. The largest absolute Gasteiger partial charge is 0.339 e. The van der Waals surface area contributed by atoms with Gasteiger partial charge in [-0.25, -0.2) is 0 Å². The van der Waals surface area contributed by atoms with Crippen molar-refractivity contribution in [2.24, 2.45) is 11.7 Å².